The second kappa shape index (κ2) is 12.9. The molecule has 0 saturated carbocycles. The third-order valence-electron chi connectivity index (χ3n) is 9.31. The molecule has 3 heterocycles. The minimum absolute atomic E-state index is 0.0900. The summed E-state index contributed by atoms with van der Waals surface area (Å²) < 4.78 is 23.7. The number of ketones is 2. The summed E-state index contributed by atoms with van der Waals surface area (Å²) in [6.07, 6.45) is -10.7. The van der Waals surface area contributed by atoms with Gasteiger partial charge in [0.15, 0.2) is 11.6 Å². The molecule has 15 nitrogen and oxygen atoms in total. The van der Waals surface area contributed by atoms with Gasteiger partial charge in [-0.1, -0.05) is 24.3 Å². The van der Waals surface area contributed by atoms with Crippen molar-refractivity contribution in [3.63, 3.8) is 0 Å². The number of phenols is 5. The number of ether oxygens (including phenoxy) is 4. The fourth-order valence-corrected chi connectivity index (χ4v) is 6.82. The molecule has 4 aromatic carbocycles. The van der Waals surface area contributed by atoms with E-state index in [4.69, 9.17) is 18.9 Å². The number of carbonyl (C=O) groups excluding carboxylic acids is 2. The first kappa shape index (κ1) is 33.9. The van der Waals surface area contributed by atoms with Crippen molar-refractivity contribution in [2.75, 3.05) is 6.61 Å². The Morgan fingerprint density at radius 3 is 1.59 bits per heavy atom. The predicted molar refractivity (Wildman–Crippen MR) is 171 cm³/mol. The number of rotatable bonds is 6. The molecule has 3 aliphatic heterocycles. The van der Waals surface area contributed by atoms with Crippen LogP contribution in [0.5, 0.6) is 46.0 Å². The summed E-state index contributed by atoms with van der Waals surface area (Å²) in [5, 5.41) is 92.6. The van der Waals surface area contributed by atoms with Gasteiger partial charge in [-0.15, -0.1) is 0 Å². The number of carbonyl (C=O) groups is 2. The summed E-state index contributed by atoms with van der Waals surface area (Å²) in [5.74, 6) is -6.86. The highest BCUT2D eigenvalue weighted by Crippen LogP contribution is 2.54. The van der Waals surface area contributed by atoms with Crippen LogP contribution in [0, 0.1) is 11.8 Å². The Hall–Kier alpha value is -5.58. The zero-order valence-corrected chi connectivity index (χ0v) is 26.3. The molecule has 0 amide bonds. The van der Waals surface area contributed by atoms with E-state index in [2.05, 4.69) is 0 Å². The number of fused-ring (bicyclic) bond motifs is 2. The van der Waals surface area contributed by atoms with Crippen LogP contribution in [-0.4, -0.2) is 94.8 Å². The van der Waals surface area contributed by atoms with E-state index < -0.39 is 84.4 Å². The zero-order chi connectivity index (χ0) is 36.3. The first-order valence-electron chi connectivity index (χ1n) is 15.8. The van der Waals surface area contributed by atoms with Crippen LogP contribution in [0.4, 0.5) is 0 Å². The first-order valence-corrected chi connectivity index (χ1v) is 15.8. The van der Waals surface area contributed by atoms with E-state index in [9.17, 15) is 55.5 Å². The van der Waals surface area contributed by atoms with Gasteiger partial charge in [0, 0.05) is 24.3 Å². The molecular formula is C36H32O15. The van der Waals surface area contributed by atoms with E-state index in [1.807, 2.05) is 0 Å². The van der Waals surface area contributed by atoms with Crippen LogP contribution in [-0.2, 0) is 4.74 Å². The number of aliphatic hydroxyl groups is 4. The van der Waals surface area contributed by atoms with E-state index in [1.165, 1.54) is 54.6 Å². The maximum absolute atomic E-state index is 14.7. The van der Waals surface area contributed by atoms with E-state index in [0.29, 0.717) is 11.1 Å². The summed E-state index contributed by atoms with van der Waals surface area (Å²) >= 11 is 0. The maximum Gasteiger partial charge on any atom is 0.229 e. The molecule has 0 radical (unpaired) electrons. The largest absolute Gasteiger partial charge is 0.508 e. The molecule has 51 heavy (non-hydrogen) atoms. The number of phenolic OH excluding ortho intramolecular Hbond substituents is 5. The Morgan fingerprint density at radius 1 is 0.588 bits per heavy atom. The molecule has 9 atom stereocenters. The molecule has 15 heteroatoms. The minimum atomic E-state index is -1.78. The second-order valence-corrected chi connectivity index (χ2v) is 12.5. The van der Waals surface area contributed by atoms with Crippen LogP contribution in [0.15, 0.2) is 72.8 Å². The summed E-state index contributed by atoms with van der Waals surface area (Å²) in [4.78, 5) is 29.2. The van der Waals surface area contributed by atoms with Gasteiger partial charge in [-0.25, -0.2) is 0 Å². The third kappa shape index (κ3) is 5.90. The highest BCUT2D eigenvalue weighted by Gasteiger charge is 2.54. The van der Waals surface area contributed by atoms with Gasteiger partial charge in [-0.2, -0.15) is 0 Å². The first-order chi connectivity index (χ1) is 24.4. The summed E-state index contributed by atoms with van der Waals surface area (Å²) in [6.45, 7) is -0.717. The van der Waals surface area contributed by atoms with Crippen molar-refractivity contribution in [2.45, 2.75) is 42.9 Å². The summed E-state index contributed by atoms with van der Waals surface area (Å²) in [7, 11) is 0. The molecule has 7 rings (SSSR count). The molecule has 0 spiro atoms. The Morgan fingerprint density at radius 2 is 1.08 bits per heavy atom. The summed E-state index contributed by atoms with van der Waals surface area (Å²) in [6, 6.07) is 15.6. The van der Waals surface area contributed by atoms with Gasteiger partial charge < -0.3 is 64.9 Å². The number of aromatic hydroxyl groups is 5. The standard InChI is InChI=1S/C36H32O15/c37-13-24-29(43)32(46)33(47)36(51-24)48-19-11-21(42)26-23(12-19)50-35(15-3-7-17(39)8-4-15)28(31(26)45)27-30(44)25-20(41)9-18(40)10-22(25)49-34(27)14-1-5-16(38)6-2-14/h1-12,24,27-29,32-43,46-47H,13H2/t24-,27+,28-,29-,32+,33-,34-,35-,36-/m1/s1. The van der Waals surface area contributed by atoms with Crippen LogP contribution in [0.25, 0.3) is 0 Å². The number of hydrogen-bond donors (Lipinski definition) is 9. The quantitative estimate of drug-likeness (QED) is 0.139. The van der Waals surface area contributed by atoms with Crippen molar-refractivity contribution in [1.29, 1.82) is 0 Å². The number of Topliss-reactive ketones (excluding diaryl/α,β-unsaturated/α-hetero) is 2. The molecular weight excluding hydrogens is 672 g/mol. The van der Waals surface area contributed by atoms with Gasteiger partial charge in [0.1, 0.15) is 93.7 Å². The van der Waals surface area contributed by atoms with Crippen molar-refractivity contribution in [2.24, 2.45) is 11.8 Å². The van der Waals surface area contributed by atoms with E-state index in [1.54, 1.807) is 0 Å². The highest BCUT2D eigenvalue weighted by molar-refractivity contribution is 6.11. The van der Waals surface area contributed by atoms with Gasteiger partial charge in [-0.3, -0.25) is 9.59 Å². The molecule has 266 valence electrons. The van der Waals surface area contributed by atoms with Crippen molar-refractivity contribution < 1.29 is 74.5 Å². The molecule has 9 N–H and O–H groups in total. The molecule has 0 aliphatic carbocycles. The summed E-state index contributed by atoms with van der Waals surface area (Å²) in [5.41, 5.74) is 0.00209. The smallest absolute Gasteiger partial charge is 0.229 e. The van der Waals surface area contributed by atoms with Crippen molar-refractivity contribution in [3.05, 3.63) is 95.1 Å². The van der Waals surface area contributed by atoms with E-state index in [0.717, 1.165) is 18.2 Å². The average molecular weight is 705 g/mol. The second-order valence-electron chi connectivity index (χ2n) is 12.5. The van der Waals surface area contributed by atoms with Gasteiger partial charge in [0.05, 0.1) is 18.4 Å². The Labute approximate surface area is 288 Å². The lowest BCUT2D eigenvalue weighted by molar-refractivity contribution is -0.277. The van der Waals surface area contributed by atoms with Crippen LogP contribution in [0.3, 0.4) is 0 Å². The van der Waals surface area contributed by atoms with Gasteiger partial charge >= 0.3 is 0 Å². The molecule has 1 saturated heterocycles. The Balaban J connectivity index is 1.34. The fourth-order valence-electron chi connectivity index (χ4n) is 6.82. The van der Waals surface area contributed by atoms with Crippen LogP contribution in [0.1, 0.15) is 44.1 Å². The topological polar surface area (TPSA) is 253 Å². The van der Waals surface area contributed by atoms with E-state index >= 15 is 0 Å². The third-order valence-corrected chi connectivity index (χ3v) is 9.31. The van der Waals surface area contributed by atoms with Crippen LogP contribution >= 0.6 is 0 Å². The molecule has 3 aliphatic rings. The van der Waals surface area contributed by atoms with Gasteiger partial charge in [-0.05, 0) is 35.4 Å². The maximum atomic E-state index is 14.7. The fraction of sp³-hybridized carbons (Fsp3) is 0.278. The van der Waals surface area contributed by atoms with Crippen molar-refractivity contribution in [3.8, 4) is 46.0 Å². The zero-order valence-electron chi connectivity index (χ0n) is 26.3. The van der Waals surface area contributed by atoms with Crippen molar-refractivity contribution in [1.82, 2.24) is 0 Å². The predicted octanol–water partition coefficient (Wildman–Crippen LogP) is 1.96. The minimum Gasteiger partial charge on any atom is -0.508 e. The number of hydrogen-bond acceptors (Lipinski definition) is 15. The van der Waals surface area contributed by atoms with Gasteiger partial charge in [0.25, 0.3) is 0 Å². The Kier molecular flexibility index (Phi) is 8.61. The highest BCUT2D eigenvalue weighted by atomic mass is 16.7. The van der Waals surface area contributed by atoms with Crippen molar-refractivity contribution >= 4 is 11.6 Å². The van der Waals surface area contributed by atoms with Gasteiger partial charge in [0.2, 0.25) is 6.29 Å². The molecule has 0 bridgehead atoms. The Bertz CT molecular complexity index is 1980. The van der Waals surface area contributed by atoms with Crippen LogP contribution < -0.4 is 14.2 Å². The molecule has 4 aromatic rings. The lowest BCUT2D eigenvalue weighted by Gasteiger charge is -2.42. The van der Waals surface area contributed by atoms with Crippen LogP contribution in [0.2, 0.25) is 0 Å². The molecule has 1 fully saturated rings. The average Bonchev–Trinajstić information content (AvgIpc) is 3.09. The molecule has 0 unspecified atom stereocenters. The lowest BCUT2D eigenvalue weighted by Crippen LogP contribution is -2.60. The van der Waals surface area contributed by atoms with E-state index in [-0.39, 0.29) is 45.6 Å². The monoisotopic (exact) mass is 704 g/mol. The SMILES string of the molecule is O=C1c2c(O)cc(O)cc2O[C@H](c2ccc(O)cc2)[C@H]1[C@@H]1C(=O)c2c(O)cc(O[C@@H]3O[C@H](CO)[C@@H](O)[C@H](O)[C@H]3O)cc2O[C@@H]1c1ccc(O)cc1. The number of benzene rings is 4. The normalized spacial score (nSPS) is 28.6. The number of aliphatic hydroxyl groups excluding tert-OH is 4. The lowest BCUT2D eigenvalue weighted by atomic mass is 9.69. The molecule has 0 aromatic heterocycles.